The number of piperidine rings is 1. The van der Waals surface area contributed by atoms with Gasteiger partial charge in [0.05, 0.1) is 11.6 Å². The molecule has 9 heteroatoms. The predicted octanol–water partition coefficient (Wildman–Crippen LogP) is 5.66. The van der Waals surface area contributed by atoms with Crippen LogP contribution in [0.2, 0.25) is 10.0 Å². The molecule has 1 aromatic heterocycles. The lowest BCUT2D eigenvalue weighted by Crippen LogP contribution is -2.37. The molecule has 1 aliphatic rings. The van der Waals surface area contributed by atoms with Crippen LogP contribution in [0.25, 0.3) is 11.4 Å². The molecule has 2 aromatic carbocycles. The van der Waals surface area contributed by atoms with Crippen molar-refractivity contribution >= 4 is 50.7 Å². The molecule has 0 atom stereocenters. The molecule has 1 amide bonds. The third kappa shape index (κ3) is 5.21. The van der Waals surface area contributed by atoms with Crippen LogP contribution in [0.5, 0.6) is 0 Å². The maximum atomic E-state index is 12.6. The highest BCUT2D eigenvalue weighted by Crippen LogP contribution is 2.27. The van der Waals surface area contributed by atoms with Gasteiger partial charge in [0.2, 0.25) is 17.6 Å². The van der Waals surface area contributed by atoms with Crippen LogP contribution in [0.4, 0.5) is 5.69 Å². The monoisotopic (exact) mass is 508 g/mol. The molecule has 3 aromatic rings. The normalized spacial score (nSPS) is 15.3. The summed E-state index contributed by atoms with van der Waals surface area (Å²) in [4.78, 5) is 19.3. The van der Waals surface area contributed by atoms with Crippen LogP contribution < -0.4 is 5.32 Å². The molecule has 1 fully saturated rings. The quantitative estimate of drug-likeness (QED) is 0.480. The third-order valence-electron chi connectivity index (χ3n) is 5.07. The Kier molecular flexibility index (Phi) is 6.73. The number of carbonyl (C=O) groups excluding carboxylic acids is 1. The summed E-state index contributed by atoms with van der Waals surface area (Å²) in [6.07, 6.45) is 1.54. The van der Waals surface area contributed by atoms with E-state index < -0.39 is 0 Å². The van der Waals surface area contributed by atoms with E-state index in [1.165, 1.54) is 0 Å². The summed E-state index contributed by atoms with van der Waals surface area (Å²) in [5.74, 6) is 1.10. The molecule has 0 saturated carbocycles. The van der Waals surface area contributed by atoms with Gasteiger partial charge in [-0.3, -0.25) is 9.69 Å². The largest absolute Gasteiger partial charge is 0.338 e. The van der Waals surface area contributed by atoms with Crippen LogP contribution in [0.3, 0.4) is 0 Å². The Morgan fingerprint density at radius 1 is 1.17 bits per heavy atom. The van der Waals surface area contributed by atoms with Gasteiger partial charge in [0.25, 0.3) is 0 Å². The molecule has 0 bridgehead atoms. The minimum Gasteiger partial charge on any atom is -0.338 e. The van der Waals surface area contributed by atoms with Gasteiger partial charge in [0.15, 0.2) is 0 Å². The molecule has 2 heterocycles. The minimum atomic E-state index is -0.0315. The van der Waals surface area contributed by atoms with Crippen LogP contribution >= 0.6 is 39.1 Å². The molecule has 4 rings (SSSR count). The van der Waals surface area contributed by atoms with E-state index in [2.05, 4.69) is 36.3 Å². The Morgan fingerprint density at radius 2 is 1.90 bits per heavy atom. The summed E-state index contributed by atoms with van der Waals surface area (Å²) in [5, 5.41) is 8.24. The Balaban J connectivity index is 1.29. The van der Waals surface area contributed by atoms with Gasteiger partial charge in [-0.1, -0.05) is 28.4 Å². The minimum absolute atomic E-state index is 0.0239. The molecule has 156 valence electrons. The number of halogens is 3. The van der Waals surface area contributed by atoms with E-state index >= 15 is 0 Å². The Bertz CT molecular complexity index is 1030. The molecule has 0 radical (unpaired) electrons. The highest BCUT2D eigenvalue weighted by Gasteiger charge is 2.26. The first kappa shape index (κ1) is 21.3. The van der Waals surface area contributed by atoms with Gasteiger partial charge in [0.1, 0.15) is 0 Å². The third-order valence-corrected chi connectivity index (χ3v) is 6.56. The molecule has 0 spiro atoms. The lowest BCUT2D eigenvalue weighted by molar-refractivity contribution is -0.121. The van der Waals surface area contributed by atoms with E-state index in [0.717, 1.165) is 36.0 Å². The van der Waals surface area contributed by atoms with E-state index in [4.69, 9.17) is 27.7 Å². The lowest BCUT2D eigenvalue weighted by Gasteiger charge is -2.30. The number of carbonyl (C=O) groups is 1. The summed E-state index contributed by atoms with van der Waals surface area (Å²) in [5.41, 5.74) is 1.56. The van der Waals surface area contributed by atoms with Crippen LogP contribution in [0, 0.1) is 5.92 Å². The van der Waals surface area contributed by atoms with Crippen molar-refractivity contribution in [2.24, 2.45) is 5.92 Å². The van der Waals surface area contributed by atoms with E-state index in [1.54, 1.807) is 18.2 Å². The van der Waals surface area contributed by atoms with E-state index in [0.29, 0.717) is 34.0 Å². The average Bonchev–Trinajstić information content (AvgIpc) is 3.20. The number of aromatic nitrogens is 2. The van der Waals surface area contributed by atoms with Gasteiger partial charge in [-0.25, -0.2) is 0 Å². The van der Waals surface area contributed by atoms with Gasteiger partial charge in [-0.2, -0.15) is 4.98 Å². The molecule has 30 heavy (non-hydrogen) atoms. The summed E-state index contributed by atoms with van der Waals surface area (Å²) in [6, 6.07) is 12.7. The highest BCUT2D eigenvalue weighted by molar-refractivity contribution is 9.10. The number of amides is 1. The molecule has 0 unspecified atom stereocenters. The van der Waals surface area contributed by atoms with Crippen molar-refractivity contribution in [2.45, 2.75) is 19.4 Å². The molecular formula is C21H19BrCl2N4O2. The second-order valence-electron chi connectivity index (χ2n) is 7.19. The fourth-order valence-electron chi connectivity index (χ4n) is 3.40. The molecule has 1 aliphatic heterocycles. The fourth-order valence-corrected chi connectivity index (χ4v) is 3.95. The van der Waals surface area contributed by atoms with Gasteiger partial charge in [-0.15, -0.1) is 0 Å². The van der Waals surface area contributed by atoms with Crippen molar-refractivity contribution < 1.29 is 9.32 Å². The number of likely N-dealkylation sites (tertiary alicyclic amines) is 1. The predicted molar refractivity (Wildman–Crippen MR) is 121 cm³/mol. The summed E-state index contributed by atoms with van der Waals surface area (Å²) in [6.45, 7) is 2.15. The maximum Gasteiger partial charge on any atom is 0.241 e. The molecule has 1 saturated heterocycles. The molecule has 6 nitrogen and oxygen atoms in total. The highest BCUT2D eigenvalue weighted by atomic mass is 79.9. The zero-order valence-electron chi connectivity index (χ0n) is 15.9. The van der Waals surface area contributed by atoms with Gasteiger partial charge >= 0.3 is 0 Å². The number of benzene rings is 2. The zero-order valence-corrected chi connectivity index (χ0v) is 19.0. The van der Waals surface area contributed by atoms with Gasteiger partial charge in [-0.05, 0) is 84.3 Å². The van der Waals surface area contributed by atoms with Crippen LogP contribution in [0.15, 0.2) is 51.5 Å². The summed E-state index contributed by atoms with van der Waals surface area (Å²) in [7, 11) is 0. The number of anilines is 1. The Labute approximate surface area is 192 Å². The van der Waals surface area contributed by atoms with E-state index in [-0.39, 0.29) is 11.8 Å². The number of nitrogens with one attached hydrogen (secondary N) is 1. The summed E-state index contributed by atoms with van der Waals surface area (Å²) < 4.78 is 6.20. The lowest BCUT2D eigenvalue weighted by atomic mass is 9.96. The first-order valence-corrected chi connectivity index (χ1v) is 11.1. The first-order chi connectivity index (χ1) is 14.5. The standard InChI is InChI=1S/C21H19BrCl2N4O2/c22-17-6-5-16(11-18(17)24)25-21(29)14-7-9-28(10-8-14)12-19-26-20(27-30-19)13-1-3-15(23)4-2-13/h1-6,11,14H,7-10,12H2,(H,25,29). The van der Waals surface area contributed by atoms with Gasteiger partial charge in [0, 0.05) is 26.7 Å². The molecular weight excluding hydrogens is 491 g/mol. The SMILES string of the molecule is O=C(Nc1ccc(Br)c(Cl)c1)C1CCN(Cc2nc(-c3ccc(Cl)cc3)no2)CC1. The maximum absolute atomic E-state index is 12.6. The smallest absolute Gasteiger partial charge is 0.241 e. The van der Waals surface area contributed by atoms with Crippen LogP contribution in [-0.4, -0.2) is 34.0 Å². The first-order valence-electron chi connectivity index (χ1n) is 9.55. The van der Waals surface area contributed by atoms with Gasteiger partial charge < -0.3 is 9.84 Å². The van der Waals surface area contributed by atoms with Crippen molar-refractivity contribution in [1.29, 1.82) is 0 Å². The van der Waals surface area contributed by atoms with Crippen molar-refractivity contribution in [3.05, 3.63) is 62.9 Å². The second kappa shape index (κ2) is 9.47. The van der Waals surface area contributed by atoms with E-state index in [9.17, 15) is 4.79 Å². The average molecular weight is 510 g/mol. The number of rotatable bonds is 5. The van der Waals surface area contributed by atoms with Crippen LogP contribution in [-0.2, 0) is 11.3 Å². The van der Waals surface area contributed by atoms with E-state index in [1.807, 2.05) is 24.3 Å². The van der Waals surface area contributed by atoms with Crippen molar-refractivity contribution in [3.63, 3.8) is 0 Å². The zero-order chi connectivity index (χ0) is 21.1. The van der Waals surface area contributed by atoms with Crippen molar-refractivity contribution in [2.75, 3.05) is 18.4 Å². The summed E-state index contributed by atoms with van der Waals surface area (Å²) >= 11 is 15.4. The molecule has 0 aliphatic carbocycles. The number of hydrogen-bond donors (Lipinski definition) is 1. The topological polar surface area (TPSA) is 71.3 Å². The molecule has 1 N–H and O–H groups in total. The van der Waals surface area contributed by atoms with Crippen molar-refractivity contribution in [1.82, 2.24) is 15.0 Å². The number of hydrogen-bond acceptors (Lipinski definition) is 5. The Morgan fingerprint density at radius 3 is 2.60 bits per heavy atom. The van der Waals surface area contributed by atoms with Crippen LogP contribution in [0.1, 0.15) is 18.7 Å². The number of nitrogens with zero attached hydrogens (tertiary/aromatic N) is 3. The fraction of sp³-hybridized carbons (Fsp3) is 0.286. The Hall–Kier alpha value is -1.93. The van der Waals surface area contributed by atoms with Crippen molar-refractivity contribution in [3.8, 4) is 11.4 Å². The second-order valence-corrected chi connectivity index (χ2v) is 8.89.